The quantitative estimate of drug-likeness (QED) is 0.759. The molecule has 0 bridgehead atoms. The molecule has 0 aromatic heterocycles. The van der Waals surface area contributed by atoms with Crippen LogP contribution in [0.2, 0.25) is 0 Å². The molecule has 0 saturated heterocycles. The van der Waals surface area contributed by atoms with Gasteiger partial charge in [-0.1, -0.05) is 30.3 Å². The Bertz CT molecular complexity index is 492. The predicted octanol–water partition coefficient (Wildman–Crippen LogP) is 2.77. The highest BCUT2D eigenvalue weighted by atomic mass is 16.5. The lowest BCUT2D eigenvalue weighted by Crippen LogP contribution is -1.86. The summed E-state index contributed by atoms with van der Waals surface area (Å²) < 4.78 is 4.98. The first kappa shape index (κ1) is 10.4. The molecule has 82 valence electrons. The van der Waals surface area contributed by atoms with Crippen molar-refractivity contribution in [1.82, 2.24) is 0 Å². The summed E-state index contributed by atoms with van der Waals surface area (Å²) in [5.74, 6) is -0.153. The number of hydrogen-bond acceptors (Lipinski definition) is 3. The minimum atomic E-state index is -0.234. The SMILES string of the molecule is COc1cc(-c2ccccc2)cc(O)c1O. The molecule has 0 radical (unpaired) electrons. The molecule has 2 rings (SSSR count). The van der Waals surface area contributed by atoms with Gasteiger partial charge >= 0.3 is 0 Å². The average molecular weight is 216 g/mol. The number of rotatable bonds is 2. The Morgan fingerprint density at radius 2 is 1.62 bits per heavy atom. The Balaban J connectivity index is 2.55. The van der Waals surface area contributed by atoms with Gasteiger partial charge in [-0.2, -0.15) is 0 Å². The standard InChI is InChI=1S/C13H12O3/c1-16-12-8-10(7-11(14)13(12)15)9-5-3-2-4-6-9/h2-8,14-15H,1H3. The maximum atomic E-state index is 9.54. The fraction of sp³-hybridized carbons (Fsp3) is 0.0769. The van der Waals surface area contributed by atoms with Crippen molar-refractivity contribution in [2.24, 2.45) is 0 Å². The molecule has 3 heteroatoms. The zero-order valence-electron chi connectivity index (χ0n) is 8.84. The molecule has 0 heterocycles. The van der Waals surface area contributed by atoms with Crippen LogP contribution in [0.1, 0.15) is 0 Å². The Hall–Kier alpha value is -2.16. The first-order valence-corrected chi connectivity index (χ1v) is 4.87. The Labute approximate surface area is 93.6 Å². The number of phenols is 2. The fourth-order valence-electron chi connectivity index (χ4n) is 1.55. The lowest BCUT2D eigenvalue weighted by Gasteiger charge is -2.08. The zero-order chi connectivity index (χ0) is 11.5. The molecule has 16 heavy (non-hydrogen) atoms. The summed E-state index contributed by atoms with van der Waals surface area (Å²) in [6, 6.07) is 12.8. The smallest absolute Gasteiger partial charge is 0.200 e. The predicted molar refractivity (Wildman–Crippen MR) is 61.8 cm³/mol. The van der Waals surface area contributed by atoms with Gasteiger partial charge in [0.25, 0.3) is 0 Å². The van der Waals surface area contributed by atoms with Crippen LogP contribution in [0.3, 0.4) is 0 Å². The van der Waals surface area contributed by atoms with Gasteiger partial charge in [0.2, 0.25) is 5.75 Å². The summed E-state index contributed by atoms with van der Waals surface area (Å²) in [7, 11) is 1.45. The van der Waals surface area contributed by atoms with Gasteiger partial charge in [0.15, 0.2) is 11.5 Å². The largest absolute Gasteiger partial charge is 0.504 e. The van der Waals surface area contributed by atoms with Crippen LogP contribution >= 0.6 is 0 Å². The van der Waals surface area contributed by atoms with Crippen LogP contribution < -0.4 is 4.74 Å². The minimum Gasteiger partial charge on any atom is -0.504 e. The highest BCUT2D eigenvalue weighted by Crippen LogP contribution is 2.39. The molecular weight excluding hydrogens is 204 g/mol. The Kier molecular flexibility index (Phi) is 2.68. The molecule has 3 nitrogen and oxygen atoms in total. The normalized spacial score (nSPS) is 10.1. The molecule has 0 aliphatic carbocycles. The van der Waals surface area contributed by atoms with E-state index in [2.05, 4.69) is 0 Å². The second-order valence-corrected chi connectivity index (χ2v) is 3.41. The van der Waals surface area contributed by atoms with Crippen molar-refractivity contribution in [3.8, 4) is 28.4 Å². The number of benzene rings is 2. The molecule has 0 aliphatic rings. The third kappa shape index (κ3) is 1.80. The highest BCUT2D eigenvalue weighted by molar-refractivity contribution is 5.70. The second-order valence-electron chi connectivity index (χ2n) is 3.41. The van der Waals surface area contributed by atoms with Crippen LogP contribution in [0.5, 0.6) is 17.2 Å². The Morgan fingerprint density at radius 3 is 2.25 bits per heavy atom. The number of ether oxygens (including phenoxy) is 1. The van der Waals surface area contributed by atoms with E-state index in [0.29, 0.717) is 0 Å². The molecule has 0 aliphatic heterocycles. The zero-order valence-corrected chi connectivity index (χ0v) is 8.84. The number of aromatic hydroxyl groups is 2. The molecule has 0 fully saturated rings. The lowest BCUT2D eigenvalue weighted by molar-refractivity contribution is 0.351. The van der Waals surface area contributed by atoms with E-state index in [1.165, 1.54) is 13.2 Å². The summed E-state index contributed by atoms with van der Waals surface area (Å²) in [6.07, 6.45) is 0. The summed E-state index contributed by atoms with van der Waals surface area (Å²) in [4.78, 5) is 0. The van der Waals surface area contributed by atoms with E-state index >= 15 is 0 Å². The van der Waals surface area contributed by atoms with Gasteiger partial charge in [-0.25, -0.2) is 0 Å². The van der Waals surface area contributed by atoms with E-state index < -0.39 is 0 Å². The molecule has 0 atom stereocenters. The van der Waals surface area contributed by atoms with E-state index in [-0.39, 0.29) is 17.2 Å². The highest BCUT2D eigenvalue weighted by Gasteiger charge is 2.10. The third-order valence-electron chi connectivity index (χ3n) is 2.38. The van der Waals surface area contributed by atoms with Crippen LogP contribution in [-0.2, 0) is 0 Å². The van der Waals surface area contributed by atoms with Crippen molar-refractivity contribution < 1.29 is 14.9 Å². The molecule has 0 spiro atoms. The number of methoxy groups -OCH3 is 1. The van der Waals surface area contributed by atoms with Crippen molar-refractivity contribution in [2.45, 2.75) is 0 Å². The summed E-state index contributed by atoms with van der Waals surface area (Å²) in [5, 5.41) is 19.0. The average Bonchev–Trinajstić information content (AvgIpc) is 2.33. The van der Waals surface area contributed by atoms with E-state index in [1.807, 2.05) is 30.3 Å². The van der Waals surface area contributed by atoms with Crippen LogP contribution in [0.25, 0.3) is 11.1 Å². The van der Waals surface area contributed by atoms with Gasteiger partial charge in [0.1, 0.15) is 0 Å². The monoisotopic (exact) mass is 216 g/mol. The molecule has 2 aromatic carbocycles. The minimum absolute atomic E-state index is 0.182. The summed E-state index contributed by atoms with van der Waals surface area (Å²) in [5.41, 5.74) is 1.75. The first-order valence-electron chi connectivity index (χ1n) is 4.87. The molecule has 0 saturated carbocycles. The molecule has 2 N–H and O–H groups in total. The van der Waals surface area contributed by atoms with E-state index in [0.717, 1.165) is 11.1 Å². The van der Waals surface area contributed by atoms with E-state index in [1.54, 1.807) is 6.07 Å². The topological polar surface area (TPSA) is 49.7 Å². The third-order valence-corrected chi connectivity index (χ3v) is 2.38. The van der Waals surface area contributed by atoms with Crippen molar-refractivity contribution in [2.75, 3.05) is 7.11 Å². The first-order chi connectivity index (χ1) is 7.72. The fourth-order valence-corrected chi connectivity index (χ4v) is 1.55. The molecule has 0 amide bonds. The van der Waals surface area contributed by atoms with Gasteiger partial charge in [0.05, 0.1) is 7.11 Å². The number of phenolic OH excluding ortho intramolecular Hbond substituents is 2. The second kappa shape index (κ2) is 4.14. The summed E-state index contributed by atoms with van der Waals surface area (Å²) in [6.45, 7) is 0. The van der Waals surface area contributed by atoms with E-state index in [4.69, 9.17) is 4.74 Å². The molecular formula is C13H12O3. The molecule has 2 aromatic rings. The lowest BCUT2D eigenvalue weighted by atomic mass is 10.0. The maximum Gasteiger partial charge on any atom is 0.200 e. The van der Waals surface area contributed by atoms with Crippen molar-refractivity contribution in [1.29, 1.82) is 0 Å². The molecule has 0 unspecified atom stereocenters. The van der Waals surface area contributed by atoms with Gasteiger partial charge in [-0.15, -0.1) is 0 Å². The van der Waals surface area contributed by atoms with E-state index in [9.17, 15) is 10.2 Å². The van der Waals surface area contributed by atoms with Crippen LogP contribution in [0.15, 0.2) is 42.5 Å². The van der Waals surface area contributed by atoms with Crippen LogP contribution in [0, 0.1) is 0 Å². The Morgan fingerprint density at radius 1 is 0.938 bits per heavy atom. The van der Waals surface area contributed by atoms with Crippen LogP contribution in [-0.4, -0.2) is 17.3 Å². The van der Waals surface area contributed by atoms with Crippen molar-refractivity contribution in [3.63, 3.8) is 0 Å². The van der Waals surface area contributed by atoms with Crippen molar-refractivity contribution >= 4 is 0 Å². The van der Waals surface area contributed by atoms with Gasteiger partial charge in [-0.05, 0) is 23.3 Å². The van der Waals surface area contributed by atoms with Gasteiger partial charge < -0.3 is 14.9 Å². The maximum absolute atomic E-state index is 9.54. The van der Waals surface area contributed by atoms with Gasteiger partial charge in [-0.3, -0.25) is 0 Å². The summed E-state index contributed by atoms with van der Waals surface area (Å²) >= 11 is 0. The number of hydrogen-bond donors (Lipinski definition) is 2. The van der Waals surface area contributed by atoms with Gasteiger partial charge in [0, 0.05) is 0 Å². The van der Waals surface area contributed by atoms with Crippen LogP contribution in [0.4, 0.5) is 0 Å². The van der Waals surface area contributed by atoms with Crippen molar-refractivity contribution in [3.05, 3.63) is 42.5 Å².